The van der Waals surface area contributed by atoms with Gasteiger partial charge in [0.25, 0.3) is 0 Å². The summed E-state index contributed by atoms with van der Waals surface area (Å²) in [6.45, 7) is 4.30. The molecule has 3 heteroatoms. The molecule has 0 aromatic carbocycles. The Morgan fingerprint density at radius 1 is 1.55 bits per heavy atom. The molecule has 0 saturated heterocycles. The molecule has 60 valence electrons. The van der Waals surface area contributed by atoms with Gasteiger partial charge in [-0.15, -0.1) is 11.8 Å². The lowest BCUT2D eigenvalue weighted by atomic mass is 10.5. The van der Waals surface area contributed by atoms with E-state index in [0.29, 0.717) is 10.4 Å². The molecule has 11 heavy (non-hydrogen) atoms. The molecule has 0 amide bonds. The van der Waals surface area contributed by atoms with Gasteiger partial charge < -0.3 is 0 Å². The average molecular weight is 188 g/mol. The lowest BCUT2D eigenvalue weighted by Gasteiger charge is -2.03. The molecule has 1 nitrogen and oxygen atoms in total. The Labute approximate surface area is 76.2 Å². The van der Waals surface area contributed by atoms with E-state index >= 15 is 0 Å². The van der Waals surface area contributed by atoms with Crippen molar-refractivity contribution in [3.8, 4) is 0 Å². The first-order valence-electron chi connectivity index (χ1n) is 3.46. The van der Waals surface area contributed by atoms with E-state index in [1.807, 2.05) is 12.1 Å². The van der Waals surface area contributed by atoms with Crippen LogP contribution in [0.1, 0.15) is 13.8 Å². The number of hydrogen-bond donors (Lipinski definition) is 0. The summed E-state index contributed by atoms with van der Waals surface area (Å²) < 4.78 is 0. The predicted octanol–water partition coefficient (Wildman–Crippen LogP) is 3.24. The second kappa shape index (κ2) is 3.98. The summed E-state index contributed by atoms with van der Waals surface area (Å²) in [5, 5.41) is 1.16. The summed E-state index contributed by atoms with van der Waals surface area (Å²) in [6.07, 6.45) is 1.73. The SMILES string of the molecule is CC(C)Sc1ccnc(Cl)c1. The second-order valence-corrected chi connectivity index (χ2v) is 4.52. The molecule has 1 heterocycles. The molecule has 1 rings (SSSR count). The molecule has 0 spiro atoms. The summed E-state index contributed by atoms with van der Waals surface area (Å²) >= 11 is 7.49. The van der Waals surface area contributed by atoms with Crippen LogP contribution in [0.5, 0.6) is 0 Å². The van der Waals surface area contributed by atoms with Gasteiger partial charge in [-0.2, -0.15) is 0 Å². The largest absolute Gasteiger partial charge is 0.244 e. The predicted molar refractivity (Wildman–Crippen MR) is 50.2 cm³/mol. The fourth-order valence-corrected chi connectivity index (χ4v) is 1.83. The normalized spacial score (nSPS) is 10.5. The third kappa shape index (κ3) is 3.12. The first kappa shape index (κ1) is 8.88. The number of rotatable bonds is 2. The van der Waals surface area contributed by atoms with Gasteiger partial charge >= 0.3 is 0 Å². The van der Waals surface area contributed by atoms with E-state index in [2.05, 4.69) is 18.8 Å². The van der Waals surface area contributed by atoms with Crippen LogP contribution in [0, 0.1) is 0 Å². The topological polar surface area (TPSA) is 12.9 Å². The standard InChI is InChI=1S/C8H10ClNS/c1-6(2)11-7-3-4-10-8(9)5-7/h3-6H,1-2H3. The number of hydrogen-bond acceptors (Lipinski definition) is 2. The fraction of sp³-hybridized carbons (Fsp3) is 0.375. The summed E-state index contributed by atoms with van der Waals surface area (Å²) in [5.74, 6) is 0. The van der Waals surface area contributed by atoms with Crippen LogP contribution < -0.4 is 0 Å². The van der Waals surface area contributed by atoms with Gasteiger partial charge in [-0.25, -0.2) is 4.98 Å². The highest BCUT2D eigenvalue weighted by Gasteiger charge is 1.98. The van der Waals surface area contributed by atoms with Crippen LogP contribution >= 0.6 is 23.4 Å². The molecule has 0 unspecified atom stereocenters. The lowest BCUT2D eigenvalue weighted by Crippen LogP contribution is -1.85. The zero-order chi connectivity index (χ0) is 8.27. The fourth-order valence-electron chi connectivity index (χ4n) is 0.730. The Morgan fingerprint density at radius 3 is 2.82 bits per heavy atom. The molecule has 0 aliphatic rings. The lowest BCUT2D eigenvalue weighted by molar-refractivity contribution is 1.11. The maximum Gasteiger partial charge on any atom is 0.130 e. The van der Waals surface area contributed by atoms with Crippen molar-refractivity contribution in [1.29, 1.82) is 0 Å². The van der Waals surface area contributed by atoms with Gasteiger partial charge in [0.05, 0.1) is 0 Å². The third-order valence-electron chi connectivity index (χ3n) is 1.07. The van der Waals surface area contributed by atoms with Crippen molar-refractivity contribution in [1.82, 2.24) is 4.98 Å². The van der Waals surface area contributed by atoms with Crippen LogP contribution in [0.4, 0.5) is 0 Å². The molecule has 0 aliphatic carbocycles. The second-order valence-electron chi connectivity index (χ2n) is 2.48. The van der Waals surface area contributed by atoms with Gasteiger partial charge in [0.1, 0.15) is 5.15 Å². The highest BCUT2D eigenvalue weighted by Crippen LogP contribution is 2.23. The monoisotopic (exact) mass is 187 g/mol. The van der Waals surface area contributed by atoms with Crippen molar-refractivity contribution in [3.05, 3.63) is 23.5 Å². The number of halogens is 1. The van der Waals surface area contributed by atoms with Crippen molar-refractivity contribution in [2.45, 2.75) is 24.0 Å². The minimum atomic E-state index is 0.565. The minimum Gasteiger partial charge on any atom is -0.244 e. The highest BCUT2D eigenvalue weighted by molar-refractivity contribution is 7.99. The molecular formula is C8H10ClNS. The minimum absolute atomic E-state index is 0.565. The number of thioether (sulfide) groups is 1. The van der Waals surface area contributed by atoms with Crippen LogP contribution in [-0.4, -0.2) is 10.2 Å². The van der Waals surface area contributed by atoms with E-state index in [-0.39, 0.29) is 0 Å². The molecule has 0 atom stereocenters. The first-order valence-corrected chi connectivity index (χ1v) is 4.72. The quantitative estimate of drug-likeness (QED) is 0.521. The van der Waals surface area contributed by atoms with Gasteiger partial charge in [0.15, 0.2) is 0 Å². The summed E-state index contributed by atoms with van der Waals surface area (Å²) in [5.41, 5.74) is 0. The molecule has 0 N–H and O–H groups in total. The van der Waals surface area contributed by atoms with E-state index in [9.17, 15) is 0 Å². The van der Waals surface area contributed by atoms with Gasteiger partial charge in [-0.05, 0) is 12.1 Å². The smallest absolute Gasteiger partial charge is 0.130 e. The molecule has 1 aromatic rings. The van der Waals surface area contributed by atoms with E-state index in [4.69, 9.17) is 11.6 Å². The molecule has 0 bridgehead atoms. The van der Waals surface area contributed by atoms with Gasteiger partial charge in [-0.1, -0.05) is 25.4 Å². The summed E-state index contributed by atoms with van der Waals surface area (Å²) in [4.78, 5) is 5.08. The number of nitrogens with zero attached hydrogens (tertiary/aromatic N) is 1. The molecule has 0 radical (unpaired) electrons. The van der Waals surface area contributed by atoms with Crippen LogP contribution in [0.3, 0.4) is 0 Å². The first-order chi connectivity index (χ1) is 5.18. The zero-order valence-electron chi connectivity index (χ0n) is 6.54. The third-order valence-corrected chi connectivity index (χ3v) is 2.27. The number of pyridine rings is 1. The Morgan fingerprint density at radius 2 is 2.27 bits per heavy atom. The maximum absolute atomic E-state index is 5.70. The van der Waals surface area contributed by atoms with Gasteiger partial charge in [-0.3, -0.25) is 0 Å². The average Bonchev–Trinajstić information content (AvgIpc) is 1.85. The Kier molecular flexibility index (Phi) is 3.21. The maximum atomic E-state index is 5.70. The highest BCUT2D eigenvalue weighted by atomic mass is 35.5. The van der Waals surface area contributed by atoms with Crippen molar-refractivity contribution in [2.24, 2.45) is 0 Å². The molecule has 0 saturated carbocycles. The van der Waals surface area contributed by atoms with Crippen LogP contribution in [0.25, 0.3) is 0 Å². The van der Waals surface area contributed by atoms with Gasteiger partial charge in [0.2, 0.25) is 0 Å². The molecule has 1 aromatic heterocycles. The number of aromatic nitrogens is 1. The van der Waals surface area contributed by atoms with E-state index in [1.165, 1.54) is 4.90 Å². The Bertz CT molecular complexity index is 237. The van der Waals surface area contributed by atoms with E-state index < -0.39 is 0 Å². The van der Waals surface area contributed by atoms with Crippen molar-refractivity contribution >= 4 is 23.4 Å². The molecule has 0 aliphatic heterocycles. The molecular weight excluding hydrogens is 178 g/mol. The Hall–Kier alpha value is -0.210. The molecule has 0 fully saturated rings. The van der Waals surface area contributed by atoms with Gasteiger partial charge in [0, 0.05) is 16.3 Å². The van der Waals surface area contributed by atoms with Crippen LogP contribution in [0.2, 0.25) is 5.15 Å². The van der Waals surface area contributed by atoms with E-state index in [0.717, 1.165) is 0 Å². The van der Waals surface area contributed by atoms with Crippen molar-refractivity contribution in [2.75, 3.05) is 0 Å². The summed E-state index contributed by atoms with van der Waals surface area (Å²) in [7, 11) is 0. The Balaban J connectivity index is 2.71. The van der Waals surface area contributed by atoms with Crippen LogP contribution in [-0.2, 0) is 0 Å². The van der Waals surface area contributed by atoms with E-state index in [1.54, 1.807) is 18.0 Å². The van der Waals surface area contributed by atoms with Crippen LogP contribution in [0.15, 0.2) is 23.2 Å². The van der Waals surface area contributed by atoms with Crippen molar-refractivity contribution < 1.29 is 0 Å². The zero-order valence-corrected chi connectivity index (χ0v) is 8.12. The van der Waals surface area contributed by atoms with Crippen molar-refractivity contribution in [3.63, 3.8) is 0 Å². The summed E-state index contributed by atoms with van der Waals surface area (Å²) in [6, 6.07) is 3.85.